The largest absolute Gasteiger partial charge is 0.434 e. The van der Waals surface area contributed by atoms with Gasteiger partial charge in [0, 0.05) is 61.6 Å². The maximum atomic E-state index is 13.4. The van der Waals surface area contributed by atoms with Crippen LogP contribution in [0.1, 0.15) is 16.8 Å². The Hall–Kier alpha value is -4.15. The van der Waals surface area contributed by atoms with E-state index in [-0.39, 0.29) is 63.3 Å². The van der Waals surface area contributed by atoms with Gasteiger partial charge >= 0.3 is 6.61 Å². The molecule has 2 aliphatic heterocycles. The first-order chi connectivity index (χ1) is 21.9. The lowest BCUT2D eigenvalue weighted by molar-refractivity contribution is -0.131. The van der Waals surface area contributed by atoms with Gasteiger partial charge in [-0.05, 0) is 49.1 Å². The highest BCUT2D eigenvalue weighted by atomic mass is 35.5. The highest BCUT2D eigenvalue weighted by molar-refractivity contribution is 7.90. The van der Waals surface area contributed by atoms with Crippen LogP contribution in [0, 0.1) is 11.8 Å². The fraction of sp³-hybridized carbons (Fsp3) is 0.414. The number of carbonyl (C=O) groups excluding carboxylic acids is 2. The topological polar surface area (TPSA) is 144 Å². The number of carbonyl (C=O) groups is 2. The molecule has 0 aliphatic carbocycles. The minimum absolute atomic E-state index is 0.0757. The Morgan fingerprint density at radius 3 is 2.65 bits per heavy atom. The molecule has 2 saturated heterocycles. The van der Waals surface area contributed by atoms with Crippen molar-refractivity contribution in [3.8, 4) is 17.0 Å². The zero-order chi connectivity index (χ0) is 32.6. The van der Waals surface area contributed by atoms with Gasteiger partial charge in [-0.25, -0.2) is 17.9 Å². The molecule has 2 unspecified atom stereocenters. The normalized spacial score (nSPS) is 18.4. The first kappa shape index (κ1) is 31.8. The van der Waals surface area contributed by atoms with Gasteiger partial charge in [-0.15, -0.1) is 0 Å². The number of anilines is 1. The van der Waals surface area contributed by atoms with E-state index >= 15 is 0 Å². The van der Waals surface area contributed by atoms with E-state index in [2.05, 4.69) is 25.4 Å². The van der Waals surface area contributed by atoms with Gasteiger partial charge in [0.1, 0.15) is 33.4 Å². The summed E-state index contributed by atoms with van der Waals surface area (Å²) in [5.74, 6) is -0.258. The van der Waals surface area contributed by atoms with Crippen molar-refractivity contribution in [3.63, 3.8) is 0 Å². The molecule has 0 radical (unpaired) electrons. The third-order valence-electron chi connectivity index (χ3n) is 8.15. The number of alkyl halides is 2. The monoisotopic (exact) mass is 676 g/mol. The van der Waals surface area contributed by atoms with Gasteiger partial charge in [0.25, 0.3) is 5.91 Å². The van der Waals surface area contributed by atoms with Crippen LogP contribution in [0.5, 0.6) is 5.75 Å². The van der Waals surface area contributed by atoms with Gasteiger partial charge in [-0.1, -0.05) is 11.6 Å². The van der Waals surface area contributed by atoms with E-state index in [0.717, 1.165) is 13.1 Å². The van der Waals surface area contributed by atoms with Crippen LogP contribution >= 0.6 is 11.6 Å². The van der Waals surface area contributed by atoms with Crippen molar-refractivity contribution in [2.24, 2.45) is 11.8 Å². The summed E-state index contributed by atoms with van der Waals surface area (Å²) < 4.78 is 57.0. The Kier molecular flexibility index (Phi) is 8.94. The molecule has 1 N–H and O–H groups in total. The summed E-state index contributed by atoms with van der Waals surface area (Å²) in [6.07, 6.45) is 7.78. The number of rotatable bonds is 11. The number of nitrogens with one attached hydrogen (secondary N) is 1. The molecular weight excluding hydrogens is 646 g/mol. The number of sulfone groups is 1. The Morgan fingerprint density at radius 2 is 1.93 bits per heavy atom. The highest BCUT2D eigenvalue weighted by Gasteiger charge is 2.41. The lowest BCUT2D eigenvalue weighted by Gasteiger charge is -2.21. The van der Waals surface area contributed by atoms with E-state index in [1.165, 1.54) is 52.2 Å². The summed E-state index contributed by atoms with van der Waals surface area (Å²) in [5.41, 5.74) is 0.782. The third-order valence-corrected chi connectivity index (χ3v) is 9.41. The zero-order valence-corrected chi connectivity index (χ0v) is 26.3. The second-order valence-corrected chi connectivity index (χ2v) is 14.3. The lowest BCUT2D eigenvalue weighted by Crippen LogP contribution is -2.35. The van der Waals surface area contributed by atoms with Crippen molar-refractivity contribution in [1.82, 2.24) is 34.2 Å². The molecule has 5 heterocycles. The van der Waals surface area contributed by atoms with Crippen LogP contribution in [0.2, 0.25) is 5.02 Å². The van der Waals surface area contributed by atoms with Crippen LogP contribution in [-0.2, 0) is 21.2 Å². The second-order valence-electron chi connectivity index (χ2n) is 11.6. The molecule has 0 bridgehead atoms. The predicted molar refractivity (Wildman–Crippen MR) is 165 cm³/mol. The molecule has 6 rings (SSSR count). The summed E-state index contributed by atoms with van der Waals surface area (Å²) in [6.45, 7) is 0.116. The lowest BCUT2D eigenvalue weighted by atomic mass is 10.0. The molecule has 2 atom stereocenters. The van der Waals surface area contributed by atoms with E-state index in [0.29, 0.717) is 31.7 Å². The number of amides is 2. The number of ether oxygens (including phenoxy) is 1. The molecule has 2 aliphatic rings. The van der Waals surface area contributed by atoms with E-state index < -0.39 is 22.4 Å². The van der Waals surface area contributed by atoms with Crippen LogP contribution in [0.4, 0.5) is 14.5 Å². The summed E-state index contributed by atoms with van der Waals surface area (Å²) in [6, 6.07) is 5.73. The average Bonchev–Trinajstić information content (AvgIpc) is 3.75. The Balaban J connectivity index is 1.20. The molecule has 0 saturated carbocycles. The van der Waals surface area contributed by atoms with Crippen molar-refractivity contribution >= 4 is 44.6 Å². The molecule has 244 valence electrons. The molecule has 17 heteroatoms. The SMILES string of the molecule is CS(=O)(=O)CCCN1CC2CN(C(=O)Cn3cc(NC(=O)c4cnn5cccnc45)c(-c4cc(Cl)ccc4OC(F)F)n3)CC2C1. The summed E-state index contributed by atoms with van der Waals surface area (Å²) >= 11 is 6.21. The van der Waals surface area contributed by atoms with Gasteiger partial charge in [0.2, 0.25) is 5.91 Å². The molecule has 3 aromatic heterocycles. The first-order valence-electron chi connectivity index (χ1n) is 14.5. The second kappa shape index (κ2) is 12.9. The number of fused-ring (bicyclic) bond motifs is 2. The molecular formula is C29H31ClF2N8O5S. The highest BCUT2D eigenvalue weighted by Crippen LogP contribution is 2.37. The molecule has 13 nitrogen and oxygen atoms in total. The van der Waals surface area contributed by atoms with Crippen molar-refractivity contribution < 1.29 is 31.5 Å². The molecule has 2 amide bonds. The van der Waals surface area contributed by atoms with Crippen molar-refractivity contribution in [2.45, 2.75) is 19.6 Å². The third kappa shape index (κ3) is 7.13. The average molecular weight is 677 g/mol. The Labute approximate surface area is 268 Å². The van der Waals surface area contributed by atoms with Gasteiger partial charge in [-0.2, -0.15) is 19.0 Å². The number of hydrogen-bond donors (Lipinski definition) is 1. The molecule has 0 spiro atoms. The van der Waals surface area contributed by atoms with E-state index in [9.17, 15) is 26.8 Å². The fourth-order valence-electron chi connectivity index (χ4n) is 6.12. The van der Waals surface area contributed by atoms with Crippen LogP contribution in [0.25, 0.3) is 16.9 Å². The fourth-order valence-corrected chi connectivity index (χ4v) is 6.95. The smallest absolute Gasteiger partial charge is 0.387 e. The van der Waals surface area contributed by atoms with Crippen LogP contribution in [-0.4, -0.2) is 106 Å². The van der Waals surface area contributed by atoms with E-state index in [4.69, 9.17) is 16.3 Å². The minimum Gasteiger partial charge on any atom is -0.434 e. The summed E-state index contributed by atoms with van der Waals surface area (Å²) in [5, 5.41) is 11.6. The molecule has 2 fully saturated rings. The molecule has 1 aromatic carbocycles. The van der Waals surface area contributed by atoms with Crippen molar-refractivity contribution in [3.05, 3.63) is 59.6 Å². The minimum atomic E-state index is -3.13. The van der Waals surface area contributed by atoms with E-state index in [1.807, 2.05) is 0 Å². The van der Waals surface area contributed by atoms with Gasteiger partial charge < -0.3 is 19.9 Å². The van der Waals surface area contributed by atoms with Crippen molar-refractivity contribution in [1.29, 1.82) is 0 Å². The van der Waals surface area contributed by atoms with Crippen LogP contribution < -0.4 is 10.1 Å². The summed E-state index contributed by atoms with van der Waals surface area (Å²) in [7, 11) is -3.00. The zero-order valence-electron chi connectivity index (χ0n) is 24.7. The Morgan fingerprint density at radius 1 is 1.17 bits per heavy atom. The van der Waals surface area contributed by atoms with Gasteiger partial charge in [0.05, 0.1) is 17.6 Å². The quantitative estimate of drug-likeness (QED) is 0.254. The molecule has 4 aromatic rings. The van der Waals surface area contributed by atoms with E-state index in [1.54, 1.807) is 17.2 Å². The number of hydrogen-bond acceptors (Lipinski definition) is 9. The first-order valence-corrected chi connectivity index (χ1v) is 17.0. The maximum absolute atomic E-state index is 13.4. The number of nitrogens with zero attached hydrogens (tertiary/aromatic N) is 7. The number of aromatic nitrogens is 5. The number of halogens is 3. The van der Waals surface area contributed by atoms with Crippen LogP contribution in [0.15, 0.2) is 49.1 Å². The van der Waals surface area contributed by atoms with Gasteiger partial charge in [0.15, 0.2) is 5.65 Å². The van der Waals surface area contributed by atoms with Gasteiger partial charge in [-0.3, -0.25) is 14.3 Å². The predicted octanol–water partition coefficient (Wildman–Crippen LogP) is 2.92. The number of likely N-dealkylation sites (tertiary alicyclic amines) is 2. The summed E-state index contributed by atoms with van der Waals surface area (Å²) in [4.78, 5) is 35.0. The van der Waals surface area contributed by atoms with Crippen molar-refractivity contribution in [2.75, 3.05) is 50.0 Å². The Bertz CT molecular complexity index is 1870. The number of benzene rings is 1. The van der Waals surface area contributed by atoms with Crippen LogP contribution in [0.3, 0.4) is 0 Å². The molecule has 46 heavy (non-hydrogen) atoms. The maximum Gasteiger partial charge on any atom is 0.387 e. The standard InChI is InChI=1S/C29H31ClF2N8O5S/c1-46(43,44)9-3-7-37-12-18-14-38(15-19(18)13-37)25(41)17-39-16-23(35-28(42)22-11-34-40-8-2-6-33-27(22)40)26(36-39)21-10-20(30)4-5-24(21)45-29(31)32/h2,4-6,8,10-11,16,18-19,29H,3,7,9,12-15,17H2,1H3,(H,35,42).